The van der Waals surface area contributed by atoms with Gasteiger partial charge in [-0.05, 0) is 41.9 Å². The van der Waals surface area contributed by atoms with Crippen molar-refractivity contribution in [2.75, 3.05) is 7.11 Å². The molecule has 0 atom stereocenters. The molecule has 0 aliphatic heterocycles. The molecule has 20 heavy (non-hydrogen) atoms. The molecule has 0 amide bonds. The SMILES string of the molecule is COc1ccc2nc3ccc(C(=O)Cl)cn3c(=O)c2c1. The first kappa shape index (κ1) is 12.6. The largest absolute Gasteiger partial charge is 0.497 e. The molecule has 2 aromatic heterocycles. The van der Waals surface area contributed by atoms with Gasteiger partial charge in [0, 0.05) is 6.20 Å². The summed E-state index contributed by atoms with van der Waals surface area (Å²) in [6.45, 7) is 0. The predicted molar refractivity (Wildman–Crippen MR) is 75.7 cm³/mol. The van der Waals surface area contributed by atoms with Gasteiger partial charge in [-0.2, -0.15) is 0 Å². The van der Waals surface area contributed by atoms with Crippen LogP contribution >= 0.6 is 11.6 Å². The fourth-order valence-corrected chi connectivity index (χ4v) is 2.14. The fourth-order valence-electron chi connectivity index (χ4n) is 2.03. The molecular formula is C14H9ClN2O3. The summed E-state index contributed by atoms with van der Waals surface area (Å²) in [6.07, 6.45) is 1.39. The van der Waals surface area contributed by atoms with Crippen molar-refractivity contribution in [3.05, 3.63) is 52.4 Å². The van der Waals surface area contributed by atoms with Crippen molar-refractivity contribution in [1.29, 1.82) is 0 Å². The molecule has 100 valence electrons. The number of halogens is 1. The van der Waals surface area contributed by atoms with E-state index in [1.807, 2.05) is 0 Å². The number of fused-ring (bicyclic) bond motifs is 2. The zero-order valence-corrected chi connectivity index (χ0v) is 11.2. The second-order valence-corrected chi connectivity index (χ2v) is 4.56. The minimum Gasteiger partial charge on any atom is -0.497 e. The Balaban J connectivity index is 2.42. The Morgan fingerprint density at radius 2 is 2.10 bits per heavy atom. The zero-order chi connectivity index (χ0) is 14.3. The van der Waals surface area contributed by atoms with Gasteiger partial charge in [0.25, 0.3) is 10.8 Å². The van der Waals surface area contributed by atoms with Gasteiger partial charge in [-0.3, -0.25) is 14.0 Å². The molecule has 0 saturated heterocycles. The Labute approximate surface area is 118 Å². The monoisotopic (exact) mass is 288 g/mol. The molecule has 0 spiro atoms. The maximum Gasteiger partial charge on any atom is 0.265 e. The Morgan fingerprint density at radius 3 is 2.80 bits per heavy atom. The number of rotatable bonds is 2. The van der Waals surface area contributed by atoms with Crippen molar-refractivity contribution in [3.8, 4) is 5.75 Å². The number of carbonyl (C=O) groups excluding carboxylic acids is 1. The summed E-state index contributed by atoms with van der Waals surface area (Å²) in [7, 11) is 1.53. The number of hydrogen-bond donors (Lipinski definition) is 0. The molecule has 0 unspecified atom stereocenters. The van der Waals surface area contributed by atoms with Crippen LogP contribution in [0.25, 0.3) is 16.6 Å². The van der Waals surface area contributed by atoms with Crippen LogP contribution in [0, 0.1) is 0 Å². The molecule has 0 radical (unpaired) electrons. The molecular weight excluding hydrogens is 280 g/mol. The van der Waals surface area contributed by atoms with E-state index in [-0.39, 0.29) is 11.1 Å². The normalized spacial score (nSPS) is 10.9. The van der Waals surface area contributed by atoms with Crippen molar-refractivity contribution >= 4 is 33.4 Å². The van der Waals surface area contributed by atoms with Crippen LogP contribution in [0.2, 0.25) is 0 Å². The topological polar surface area (TPSA) is 60.7 Å². The van der Waals surface area contributed by atoms with Gasteiger partial charge in [0.2, 0.25) is 0 Å². The number of pyridine rings is 1. The first-order valence-electron chi connectivity index (χ1n) is 5.80. The minimum atomic E-state index is -0.621. The van der Waals surface area contributed by atoms with E-state index in [2.05, 4.69) is 4.98 Å². The number of hydrogen-bond acceptors (Lipinski definition) is 4. The highest BCUT2D eigenvalue weighted by atomic mass is 35.5. The lowest BCUT2D eigenvalue weighted by Crippen LogP contribution is -2.16. The van der Waals surface area contributed by atoms with Crippen LogP contribution in [0.5, 0.6) is 5.75 Å². The average Bonchev–Trinajstić information content (AvgIpc) is 2.47. The van der Waals surface area contributed by atoms with Crippen molar-refractivity contribution in [1.82, 2.24) is 9.38 Å². The van der Waals surface area contributed by atoms with Gasteiger partial charge < -0.3 is 4.74 Å². The van der Waals surface area contributed by atoms with Crippen molar-refractivity contribution in [2.45, 2.75) is 0 Å². The van der Waals surface area contributed by atoms with E-state index in [9.17, 15) is 9.59 Å². The number of benzene rings is 1. The summed E-state index contributed by atoms with van der Waals surface area (Å²) in [5, 5.41) is -0.203. The molecule has 0 aliphatic carbocycles. The Kier molecular flexibility index (Phi) is 2.91. The number of carbonyl (C=O) groups is 1. The van der Waals surface area contributed by atoms with Gasteiger partial charge in [0.1, 0.15) is 11.4 Å². The van der Waals surface area contributed by atoms with E-state index in [1.54, 1.807) is 24.3 Å². The zero-order valence-electron chi connectivity index (χ0n) is 10.5. The number of ether oxygens (including phenoxy) is 1. The lowest BCUT2D eigenvalue weighted by molar-refractivity contribution is 0.108. The van der Waals surface area contributed by atoms with Crippen LogP contribution in [0.4, 0.5) is 0 Å². The number of aromatic nitrogens is 2. The van der Waals surface area contributed by atoms with Gasteiger partial charge in [-0.25, -0.2) is 4.98 Å². The second-order valence-electron chi connectivity index (χ2n) is 4.22. The van der Waals surface area contributed by atoms with Gasteiger partial charge in [0.05, 0.1) is 23.6 Å². The Morgan fingerprint density at radius 1 is 1.30 bits per heavy atom. The van der Waals surface area contributed by atoms with Crippen LogP contribution in [0.1, 0.15) is 10.4 Å². The van der Waals surface area contributed by atoms with E-state index in [0.717, 1.165) is 0 Å². The van der Waals surface area contributed by atoms with Crippen LogP contribution in [-0.2, 0) is 0 Å². The lowest BCUT2D eigenvalue weighted by Gasteiger charge is -2.05. The summed E-state index contributed by atoms with van der Waals surface area (Å²) in [6, 6.07) is 8.19. The summed E-state index contributed by atoms with van der Waals surface area (Å²) < 4.78 is 6.40. The molecule has 3 rings (SSSR count). The Hall–Kier alpha value is -2.40. The van der Waals surface area contributed by atoms with E-state index < -0.39 is 5.24 Å². The molecule has 0 N–H and O–H groups in total. The summed E-state index contributed by atoms with van der Waals surface area (Å²) in [4.78, 5) is 28.0. The molecule has 0 aliphatic rings. The lowest BCUT2D eigenvalue weighted by atomic mass is 10.2. The molecule has 1 aromatic carbocycles. The fraction of sp³-hybridized carbons (Fsp3) is 0.0714. The molecule has 6 heteroatoms. The average molecular weight is 289 g/mol. The van der Waals surface area contributed by atoms with E-state index in [4.69, 9.17) is 16.3 Å². The highest BCUT2D eigenvalue weighted by Gasteiger charge is 2.09. The molecule has 2 heterocycles. The van der Waals surface area contributed by atoms with Crippen molar-refractivity contribution in [2.24, 2.45) is 0 Å². The first-order chi connectivity index (χ1) is 9.60. The number of nitrogens with zero attached hydrogens (tertiary/aromatic N) is 2. The maximum absolute atomic E-state index is 12.4. The highest BCUT2D eigenvalue weighted by Crippen LogP contribution is 2.17. The third-order valence-corrected chi connectivity index (χ3v) is 3.26. The summed E-state index contributed by atoms with van der Waals surface area (Å²) in [5.41, 5.74) is 0.990. The highest BCUT2D eigenvalue weighted by molar-refractivity contribution is 6.67. The van der Waals surface area contributed by atoms with Gasteiger partial charge >= 0.3 is 0 Å². The van der Waals surface area contributed by atoms with Crippen LogP contribution in [0.3, 0.4) is 0 Å². The molecule has 0 saturated carbocycles. The summed E-state index contributed by atoms with van der Waals surface area (Å²) in [5.74, 6) is 0.570. The minimum absolute atomic E-state index is 0.241. The molecule has 3 aromatic rings. The standard InChI is InChI=1S/C14H9ClN2O3/c1-20-9-3-4-11-10(6-9)14(19)17-7-8(13(15)18)2-5-12(17)16-11/h2-7H,1H3. The molecule has 5 nitrogen and oxygen atoms in total. The quantitative estimate of drug-likeness (QED) is 0.536. The van der Waals surface area contributed by atoms with E-state index in [0.29, 0.717) is 22.3 Å². The first-order valence-corrected chi connectivity index (χ1v) is 6.18. The third kappa shape index (κ3) is 1.92. The van der Waals surface area contributed by atoms with Gasteiger partial charge in [0.15, 0.2) is 0 Å². The smallest absolute Gasteiger partial charge is 0.265 e. The third-order valence-electron chi connectivity index (χ3n) is 3.04. The van der Waals surface area contributed by atoms with E-state index >= 15 is 0 Å². The van der Waals surface area contributed by atoms with E-state index in [1.165, 1.54) is 23.8 Å². The van der Waals surface area contributed by atoms with Gasteiger partial charge in [-0.15, -0.1) is 0 Å². The van der Waals surface area contributed by atoms with Crippen molar-refractivity contribution < 1.29 is 9.53 Å². The Bertz CT molecular complexity index is 902. The number of methoxy groups -OCH3 is 1. The van der Waals surface area contributed by atoms with Crippen molar-refractivity contribution in [3.63, 3.8) is 0 Å². The molecule has 0 fully saturated rings. The van der Waals surface area contributed by atoms with Crippen LogP contribution in [0.15, 0.2) is 41.3 Å². The maximum atomic E-state index is 12.4. The predicted octanol–water partition coefficient (Wildman–Crippen LogP) is 2.24. The second kappa shape index (κ2) is 4.61. The summed E-state index contributed by atoms with van der Waals surface area (Å²) >= 11 is 5.43. The molecule has 0 bridgehead atoms. The van der Waals surface area contributed by atoms with Gasteiger partial charge in [-0.1, -0.05) is 0 Å². The van der Waals surface area contributed by atoms with Crippen LogP contribution in [-0.4, -0.2) is 21.7 Å². The van der Waals surface area contributed by atoms with Crippen LogP contribution < -0.4 is 10.3 Å².